The molecule has 6 heteroatoms. The number of halogens is 1. The highest BCUT2D eigenvalue weighted by molar-refractivity contribution is 6.31. The molecule has 1 aromatic heterocycles. The highest BCUT2D eigenvalue weighted by Crippen LogP contribution is 2.24. The Morgan fingerprint density at radius 3 is 2.65 bits per heavy atom. The average molecular weight is 370 g/mol. The summed E-state index contributed by atoms with van der Waals surface area (Å²) in [6, 6.07) is 12.4. The van der Waals surface area contributed by atoms with E-state index in [0.717, 1.165) is 31.8 Å². The summed E-state index contributed by atoms with van der Waals surface area (Å²) < 4.78 is 5.83. The molecule has 1 saturated heterocycles. The number of amides is 1. The molecule has 1 aromatic carbocycles. The predicted molar refractivity (Wildman–Crippen MR) is 103 cm³/mol. The molecule has 1 aliphatic heterocycles. The highest BCUT2D eigenvalue weighted by atomic mass is 35.5. The van der Waals surface area contributed by atoms with Crippen LogP contribution in [0.5, 0.6) is 0 Å². The largest absolute Gasteiger partial charge is 0.441 e. The number of carbonyl (C=O) groups is 1. The highest BCUT2D eigenvalue weighted by Gasteiger charge is 2.15. The second-order valence-electron chi connectivity index (χ2n) is 6.21. The second kappa shape index (κ2) is 8.59. The monoisotopic (exact) mass is 369 g/mol. The van der Waals surface area contributed by atoms with Gasteiger partial charge in [-0.3, -0.25) is 4.79 Å². The maximum Gasteiger partial charge on any atom is 0.266 e. The smallest absolute Gasteiger partial charge is 0.266 e. The molecule has 1 fully saturated rings. The van der Waals surface area contributed by atoms with E-state index in [2.05, 4.69) is 10.2 Å². The van der Waals surface area contributed by atoms with Crippen LogP contribution in [0.3, 0.4) is 0 Å². The van der Waals surface area contributed by atoms with Crippen LogP contribution in [0.1, 0.15) is 31.4 Å². The summed E-state index contributed by atoms with van der Waals surface area (Å²) in [6.07, 6.45) is 6.24. The molecule has 134 valence electrons. The van der Waals surface area contributed by atoms with Crippen LogP contribution < -0.4 is 10.2 Å². The van der Waals surface area contributed by atoms with Crippen LogP contribution in [-0.4, -0.2) is 19.0 Å². The van der Waals surface area contributed by atoms with Crippen molar-refractivity contribution < 1.29 is 9.21 Å². The molecule has 26 heavy (non-hydrogen) atoms. The number of furan rings is 1. The van der Waals surface area contributed by atoms with Gasteiger partial charge in [0.15, 0.2) is 5.88 Å². The average Bonchev–Trinajstić information content (AvgIpc) is 2.92. The minimum atomic E-state index is -0.498. The van der Waals surface area contributed by atoms with Crippen molar-refractivity contribution in [2.24, 2.45) is 0 Å². The van der Waals surface area contributed by atoms with Crippen molar-refractivity contribution in [3.63, 3.8) is 0 Å². The van der Waals surface area contributed by atoms with E-state index in [1.807, 2.05) is 12.1 Å². The van der Waals surface area contributed by atoms with E-state index < -0.39 is 5.91 Å². The minimum Gasteiger partial charge on any atom is -0.441 e. The van der Waals surface area contributed by atoms with Gasteiger partial charge < -0.3 is 14.6 Å². The van der Waals surface area contributed by atoms with E-state index in [-0.39, 0.29) is 5.57 Å². The summed E-state index contributed by atoms with van der Waals surface area (Å²) in [5.41, 5.74) is 0.509. The maximum absolute atomic E-state index is 12.3. The molecule has 3 rings (SSSR count). The summed E-state index contributed by atoms with van der Waals surface area (Å²) in [5.74, 6) is 0.773. The maximum atomic E-state index is 12.3. The first-order valence-electron chi connectivity index (χ1n) is 8.69. The van der Waals surface area contributed by atoms with E-state index in [0.29, 0.717) is 16.5 Å². The normalized spacial score (nSPS) is 15.2. The first-order chi connectivity index (χ1) is 12.7. The van der Waals surface area contributed by atoms with Crippen LogP contribution in [-0.2, 0) is 4.79 Å². The molecule has 0 aliphatic carbocycles. The fraction of sp³-hybridized carbons (Fsp3) is 0.300. The molecule has 1 aliphatic rings. The van der Waals surface area contributed by atoms with Gasteiger partial charge in [-0.1, -0.05) is 30.5 Å². The fourth-order valence-electron chi connectivity index (χ4n) is 2.94. The molecule has 2 aromatic rings. The van der Waals surface area contributed by atoms with Crippen LogP contribution in [0.15, 0.2) is 46.4 Å². The molecule has 0 unspecified atom stereocenters. The van der Waals surface area contributed by atoms with Crippen LogP contribution in [0.2, 0.25) is 5.02 Å². The molecule has 2 heterocycles. The van der Waals surface area contributed by atoms with Crippen molar-refractivity contribution in [2.75, 3.05) is 23.3 Å². The minimum absolute atomic E-state index is 0.0262. The van der Waals surface area contributed by atoms with Crippen molar-refractivity contribution in [3.8, 4) is 6.07 Å². The molecule has 0 spiro atoms. The molecular formula is C20H20ClN3O2. The molecule has 0 atom stereocenters. The summed E-state index contributed by atoms with van der Waals surface area (Å²) in [6.45, 7) is 1.94. The lowest BCUT2D eigenvalue weighted by Gasteiger charge is -2.18. The summed E-state index contributed by atoms with van der Waals surface area (Å²) >= 11 is 5.91. The van der Waals surface area contributed by atoms with Crippen LogP contribution in [0, 0.1) is 11.3 Å². The SMILES string of the molecule is N#C/C(=C/c1ccc(N2CCCCCC2)o1)C(=O)Nc1cccc(Cl)c1. The lowest BCUT2D eigenvalue weighted by molar-refractivity contribution is -0.112. The van der Waals surface area contributed by atoms with Gasteiger partial charge in [0.25, 0.3) is 5.91 Å². The number of benzene rings is 1. The molecular weight excluding hydrogens is 350 g/mol. The number of hydrogen-bond acceptors (Lipinski definition) is 4. The Hall–Kier alpha value is -2.71. The Kier molecular flexibility index (Phi) is 5.98. The van der Waals surface area contributed by atoms with Crippen LogP contribution >= 0.6 is 11.6 Å². The zero-order chi connectivity index (χ0) is 18.4. The summed E-state index contributed by atoms with van der Waals surface area (Å²) in [4.78, 5) is 14.5. The predicted octanol–water partition coefficient (Wildman–Crippen LogP) is 4.86. The zero-order valence-corrected chi connectivity index (χ0v) is 15.1. The molecule has 0 bridgehead atoms. The third kappa shape index (κ3) is 4.68. The molecule has 1 N–H and O–H groups in total. The Labute approximate surface area is 157 Å². The van der Waals surface area contributed by atoms with E-state index >= 15 is 0 Å². The molecule has 0 radical (unpaired) electrons. The van der Waals surface area contributed by atoms with Gasteiger partial charge in [0.05, 0.1) is 0 Å². The quantitative estimate of drug-likeness (QED) is 0.617. The second-order valence-corrected chi connectivity index (χ2v) is 6.65. The van der Waals surface area contributed by atoms with E-state index in [4.69, 9.17) is 16.0 Å². The Bertz CT molecular complexity index is 843. The summed E-state index contributed by atoms with van der Waals surface area (Å²) in [5, 5.41) is 12.5. The van der Waals surface area contributed by atoms with Gasteiger partial charge in [-0.15, -0.1) is 0 Å². The number of rotatable bonds is 4. The number of nitriles is 1. The Morgan fingerprint density at radius 1 is 1.19 bits per heavy atom. The van der Waals surface area contributed by atoms with Gasteiger partial charge in [0, 0.05) is 35.9 Å². The molecule has 5 nitrogen and oxygen atoms in total. The van der Waals surface area contributed by atoms with Crippen LogP contribution in [0.25, 0.3) is 6.08 Å². The van der Waals surface area contributed by atoms with Crippen LogP contribution in [0.4, 0.5) is 11.6 Å². The van der Waals surface area contributed by atoms with Gasteiger partial charge in [-0.05, 0) is 37.1 Å². The van der Waals surface area contributed by atoms with E-state index in [1.54, 1.807) is 30.3 Å². The van der Waals surface area contributed by atoms with Crippen molar-refractivity contribution in [1.82, 2.24) is 0 Å². The van der Waals surface area contributed by atoms with E-state index in [1.165, 1.54) is 18.9 Å². The van der Waals surface area contributed by atoms with Gasteiger partial charge in [0.1, 0.15) is 17.4 Å². The third-order valence-electron chi connectivity index (χ3n) is 4.26. The van der Waals surface area contributed by atoms with Crippen molar-refractivity contribution in [2.45, 2.75) is 25.7 Å². The first-order valence-corrected chi connectivity index (χ1v) is 9.07. The number of nitrogens with zero attached hydrogens (tertiary/aromatic N) is 2. The first kappa shape index (κ1) is 18.1. The number of nitrogens with one attached hydrogen (secondary N) is 1. The zero-order valence-electron chi connectivity index (χ0n) is 14.4. The number of anilines is 2. The van der Waals surface area contributed by atoms with Crippen molar-refractivity contribution in [1.29, 1.82) is 5.26 Å². The number of hydrogen-bond donors (Lipinski definition) is 1. The lowest BCUT2D eigenvalue weighted by atomic mass is 10.2. The summed E-state index contributed by atoms with van der Waals surface area (Å²) in [7, 11) is 0. The number of carbonyl (C=O) groups excluding carboxylic acids is 1. The lowest BCUT2D eigenvalue weighted by Crippen LogP contribution is -2.23. The Balaban J connectivity index is 1.72. The van der Waals surface area contributed by atoms with Gasteiger partial charge in [-0.25, -0.2) is 0 Å². The van der Waals surface area contributed by atoms with Gasteiger partial charge in [-0.2, -0.15) is 5.26 Å². The topological polar surface area (TPSA) is 69.3 Å². The van der Waals surface area contributed by atoms with Crippen molar-refractivity contribution >= 4 is 35.2 Å². The third-order valence-corrected chi connectivity index (χ3v) is 4.50. The fourth-order valence-corrected chi connectivity index (χ4v) is 3.13. The Morgan fingerprint density at radius 2 is 1.96 bits per heavy atom. The molecule has 0 saturated carbocycles. The van der Waals surface area contributed by atoms with E-state index in [9.17, 15) is 10.1 Å². The standard InChI is InChI=1S/C20H20ClN3O2/c21-16-6-5-7-17(13-16)23-20(25)15(14-22)12-18-8-9-19(26-18)24-10-3-1-2-4-11-24/h5-9,12-13H,1-4,10-11H2,(H,23,25)/b15-12-. The van der Waals surface area contributed by atoms with Crippen molar-refractivity contribution in [3.05, 3.63) is 52.8 Å². The molecule has 1 amide bonds. The van der Waals surface area contributed by atoms with Gasteiger partial charge >= 0.3 is 0 Å². The van der Waals surface area contributed by atoms with Gasteiger partial charge in [0.2, 0.25) is 0 Å².